The summed E-state index contributed by atoms with van der Waals surface area (Å²) >= 11 is 0. The highest BCUT2D eigenvalue weighted by atomic mass is 16.5. The van der Waals surface area contributed by atoms with Crippen LogP contribution >= 0.6 is 0 Å². The number of unbranched alkanes of at least 4 members (excludes halogenated alkanes) is 2. The first-order valence-electron chi connectivity index (χ1n) is 9.63. The van der Waals surface area contributed by atoms with Crippen LogP contribution in [-0.4, -0.2) is 54.8 Å². The normalized spacial score (nSPS) is 11.6. The summed E-state index contributed by atoms with van der Waals surface area (Å²) in [7, 11) is 0. The van der Waals surface area contributed by atoms with Crippen LogP contribution in [0.2, 0.25) is 0 Å². The molecule has 1 aromatic rings. The number of nitrogens with one attached hydrogen (secondary N) is 3. The van der Waals surface area contributed by atoms with Crippen molar-refractivity contribution in [2.75, 3.05) is 19.7 Å². The number of nitrogens with zero attached hydrogens (tertiary/aromatic N) is 2. The quantitative estimate of drug-likeness (QED) is 0.0838. The van der Waals surface area contributed by atoms with E-state index in [2.05, 4.69) is 26.0 Å². The summed E-state index contributed by atoms with van der Waals surface area (Å²) in [6.45, 7) is 2.44. The molecule has 5 N–H and O–H groups in total. The first-order valence-corrected chi connectivity index (χ1v) is 9.63. The number of esters is 1. The van der Waals surface area contributed by atoms with E-state index in [4.69, 9.17) is 10.6 Å². The second-order valence-electron chi connectivity index (χ2n) is 6.26. The third-order valence-electron chi connectivity index (χ3n) is 3.91. The summed E-state index contributed by atoms with van der Waals surface area (Å²) in [5.74, 6) is 3.77. The maximum Gasteiger partial charge on any atom is 0.328 e. The van der Waals surface area contributed by atoms with Gasteiger partial charge in [0.2, 0.25) is 11.8 Å². The standard InChI is InChI=1S/C19H30N6O4/c1-2-29-19(28)16(11-15-7-6-10-21-12-15)25-18(27)13-23-17(26)8-4-3-5-9-22-14-24-20/h6-7,10,12,14,16H,2-5,8-9,11,13,20H2,1H3,(H,22,24)(H,23,26)(H,25,27). The Bertz CT molecular complexity index is 653. The van der Waals surface area contributed by atoms with Gasteiger partial charge in [-0.15, -0.1) is 0 Å². The van der Waals surface area contributed by atoms with Crippen LogP contribution in [0.15, 0.2) is 29.6 Å². The van der Waals surface area contributed by atoms with E-state index >= 15 is 0 Å². The summed E-state index contributed by atoms with van der Waals surface area (Å²) in [6, 6.07) is 2.72. The molecule has 1 atom stereocenters. The largest absolute Gasteiger partial charge is 0.464 e. The second-order valence-corrected chi connectivity index (χ2v) is 6.26. The van der Waals surface area contributed by atoms with Crippen molar-refractivity contribution in [3.8, 4) is 0 Å². The fourth-order valence-electron chi connectivity index (χ4n) is 2.51. The molecular weight excluding hydrogens is 376 g/mol. The average molecular weight is 406 g/mol. The van der Waals surface area contributed by atoms with Gasteiger partial charge in [0.05, 0.1) is 13.2 Å². The molecule has 2 amide bonds. The lowest BCUT2D eigenvalue weighted by Gasteiger charge is -2.17. The Balaban J connectivity index is 2.34. The van der Waals surface area contributed by atoms with Crippen LogP contribution in [0.3, 0.4) is 0 Å². The Kier molecular flexibility index (Phi) is 12.2. The topological polar surface area (TPSA) is 148 Å². The third kappa shape index (κ3) is 11.3. The van der Waals surface area contributed by atoms with E-state index in [1.54, 1.807) is 25.4 Å². The number of amides is 2. The number of aromatic nitrogens is 1. The van der Waals surface area contributed by atoms with E-state index in [9.17, 15) is 14.4 Å². The van der Waals surface area contributed by atoms with Crippen LogP contribution < -0.4 is 21.8 Å². The predicted octanol–water partition coefficient (Wildman–Crippen LogP) is -0.160. The predicted molar refractivity (Wildman–Crippen MR) is 109 cm³/mol. The van der Waals surface area contributed by atoms with Crippen LogP contribution in [0.25, 0.3) is 0 Å². The van der Waals surface area contributed by atoms with Gasteiger partial charge in [0.25, 0.3) is 0 Å². The molecule has 1 aromatic heterocycles. The number of hydrazone groups is 1. The molecule has 1 rings (SSSR count). The zero-order valence-electron chi connectivity index (χ0n) is 16.7. The van der Waals surface area contributed by atoms with Crippen molar-refractivity contribution in [3.05, 3.63) is 30.1 Å². The summed E-state index contributed by atoms with van der Waals surface area (Å²) in [4.78, 5) is 40.1. The lowest BCUT2D eigenvalue weighted by atomic mass is 10.1. The minimum Gasteiger partial charge on any atom is -0.464 e. The van der Waals surface area contributed by atoms with Gasteiger partial charge < -0.3 is 26.5 Å². The molecule has 29 heavy (non-hydrogen) atoms. The van der Waals surface area contributed by atoms with Gasteiger partial charge in [-0.3, -0.25) is 14.6 Å². The molecule has 0 saturated carbocycles. The number of carbonyl (C=O) groups excluding carboxylic acids is 3. The summed E-state index contributed by atoms with van der Waals surface area (Å²) in [6.07, 6.45) is 7.71. The smallest absolute Gasteiger partial charge is 0.328 e. The van der Waals surface area contributed by atoms with Gasteiger partial charge in [-0.2, -0.15) is 5.10 Å². The maximum atomic E-state index is 12.2. The molecule has 160 valence electrons. The van der Waals surface area contributed by atoms with Crippen LogP contribution in [-0.2, 0) is 25.5 Å². The lowest BCUT2D eigenvalue weighted by Crippen LogP contribution is -2.47. The van der Waals surface area contributed by atoms with Crippen molar-refractivity contribution < 1.29 is 19.1 Å². The van der Waals surface area contributed by atoms with Crippen molar-refractivity contribution in [1.29, 1.82) is 0 Å². The van der Waals surface area contributed by atoms with Crippen LogP contribution in [0.4, 0.5) is 0 Å². The monoisotopic (exact) mass is 406 g/mol. The SMILES string of the molecule is CCOC(=O)C(Cc1cccnc1)NC(=O)CNC(=O)CCCCCNC=NN. The first kappa shape index (κ1) is 23.9. The van der Waals surface area contributed by atoms with E-state index in [0.717, 1.165) is 24.9 Å². The van der Waals surface area contributed by atoms with Crippen LogP contribution in [0.1, 0.15) is 38.2 Å². The summed E-state index contributed by atoms with van der Waals surface area (Å²) < 4.78 is 5.02. The Morgan fingerprint density at radius 3 is 2.79 bits per heavy atom. The Morgan fingerprint density at radius 2 is 2.10 bits per heavy atom. The van der Waals surface area contributed by atoms with Crippen LogP contribution in [0.5, 0.6) is 0 Å². The number of rotatable bonds is 14. The molecule has 0 aliphatic carbocycles. The van der Waals surface area contributed by atoms with Gasteiger partial charge in [0.15, 0.2) is 0 Å². The van der Waals surface area contributed by atoms with Gasteiger partial charge in [-0.25, -0.2) is 4.79 Å². The van der Waals surface area contributed by atoms with Crippen molar-refractivity contribution in [1.82, 2.24) is 20.9 Å². The van der Waals surface area contributed by atoms with Crippen molar-refractivity contribution in [3.63, 3.8) is 0 Å². The minimum absolute atomic E-state index is 0.198. The molecule has 0 aliphatic heterocycles. The molecule has 10 nitrogen and oxygen atoms in total. The summed E-state index contributed by atoms with van der Waals surface area (Å²) in [5.41, 5.74) is 0.794. The van der Waals surface area contributed by atoms with Gasteiger partial charge in [0.1, 0.15) is 12.4 Å². The van der Waals surface area contributed by atoms with E-state index in [-0.39, 0.29) is 25.5 Å². The summed E-state index contributed by atoms with van der Waals surface area (Å²) in [5, 5.41) is 11.4. The molecule has 1 heterocycles. The number of ether oxygens (including phenoxy) is 1. The van der Waals surface area contributed by atoms with E-state index < -0.39 is 17.9 Å². The number of hydrogen-bond donors (Lipinski definition) is 4. The molecule has 0 aliphatic rings. The number of carbonyl (C=O) groups is 3. The molecule has 0 bridgehead atoms. The van der Waals surface area contributed by atoms with Crippen molar-refractivity contribution in [2.24, 2.45) is 10.9 Å². The highest BCUT2D eigenvalue weighted by molar-refractivity contribution is 5.88. The highest BCUT2D eigenvalue weighted by Gasteiger charge is 2.22. The lowest BCUT2D eigenvalue weighted by molar-refractivity contribution is -0.147. The van der Waals surface area contributed by atoms with Crippen molar-refractivity contribution in [2.45, 2.75) is 45.1 Å². The first-order chi connectivity index (χ1) is 14.1. The van der Waals surface area contributed by atoms with Gasteiger partial charge in [-0.1, -0.05) is 12.5 Å². The Morgan fingerprint density at radius 1 is 1.28 bits per heavy atom. The molecule has 0 aromatic carbocycles. The molecule has 10 heteroatoms. The fourth-order valence-corrected chi connectivity index (χ4v) is 2.51. The van der Waals surface area contributed by atoms with Gasteiger partial charge in [0, 0.05) is 31.8 Å². The van der Waals surface area contributed by atoms with Gasteiger partial charge >= 0.3 is 5.97 Å². The highest BCUT2D eigenvalue weighted by Crippen LogP contribution is 2.03. The van der Waals surface area contributed by atoms with E-state index in [1.165, 1.54) is 6.34 Å². The zero-order valence-corrected chi connectivity index (χ0v) is 16.7. The second kappa shape index (κ2) is 14.8. The van der Waals surface area contributed by atoms with Crippen molar-refractivity contribution >= 4 is 24.1 Å². The van der Waals surface area contributed by atoms with E-state index in [1.807, 2.05) is 6.07 Å². The Labute approximate surface area is 170 Å². The molecular formula is C19H30N6O4. The third-order valence-corrected chi connectivity index (χ3v) is 3.91. The maximum absolute atomic E-state index is 12.2. The zero-order chi connectivity index (χ0) is 21.3. The fraction of sp³-hybridized carbons (Fsp3) is 0.526. The molecule has 0 fully saturated rings. The molecule has 0 radical (unpaired) electrons. The molecule has 1 unspecified atom stereocenters. The van der Waals surface area contributed by atoms with Crippen LogP contribution in [0, 0.1) is 0 Å². The molecule has 0 saturated heterocycles. The number of nitrogens with two attached hydrogens (primary N) is 1. The number of pyridine rings is 1. The average Bonchev–Trinajstić information content (AvgIpc) is 2.72. The van der Waals surface area contributed by atoms with Gasteiger partial charge in [-0.05, 0) is 31.4 Å². The van der Waals surface area contributed by atoms with E-state index in [0.29, 0.717) is 12.8 Å². The minimum atomic E-state index is -0.840. The Hall–Kier alpha value is -3.17. The molecule has 0 spiro atoms. The number of hydrogen-bond acceptors (Lipinski definition) is 7.